The first-order valence-corrected chi connectivity index (χ1v) is 18.7. The van der Waals surface area contributed by atoms with Crippen molar-refractivity contribution in [2.75, 3.05) is 38.6 Å². The fourth-order valence-corrected chi connectivity index (χ4v) is 5.96. The number of carbonyl (C=O) groups is 4. The topological polar surface area (TPSA) is 160 Å². The van der Waals surface area contributed by atoms with Crippen LogP contribution in [0.3, 0.4) is 0 Å². The zero-order valence-corrected chi connectivity index (χ0v) is 34.6. The van der Waals surface area contributed by atoms with Gasteiger partial charge in [0.05, 0.1) is 13.4 Å². The molecule has 0 spiro atoms. The molecule has 15 heteroatoms. The van der Waals surface area contributed by atoms with Crippen molar-refractivity contribution in [2.24, 2.45) is 9.98 Å². The fraction of sp³-hybridized carbons (Fsp3) is 0.463. The molecule has 56 heavy (non-hydrogen) atoms. The van der Waals surface area contributed by atoms with Crippen LogP contribution >= 0.6 is 11.6 Å². The van der Waals surface area contributed by atoms with Gasteiger partial charge < -0.3 is 34.1 Å². The van der Waals surface area contributed by atoms with E-state index in [1.54, 1.807) is 98.6 Å². The third kappa shape index (κ3) is 13.4. The second kappa shape index (κ2) is 18.1. The molecule has 0 fully saturated rings. The molecule has 0 aliphatic carbocycles. The predicted octanol–water partition coefficient (Wildman–Crippen LogP) is 8.56. The number of nitrogens with zero attached hydrogens (tertiary/aromatic N) is 4. The molecule has 2 aliphatic heterocycles. The van der Waals surface area contributed by atoms with Crippen molar-refractivity contribution in [1.82, 2.24) is 15.1 Å². The molecule has 0 aromatic heterocycles. The molecule has 14 nitrogen and oxygen atoms in total. The highest BCUT2D eigenvalue weighted by molar-refractivity contribution is 6.32. The summed E-state index contributed by atoms with van der Waals surface area (Å²) in [6.07, 6.45) is 4.47. The number of guanidine groups is 1. The lowest BCUT2D eigenvalue weighted by Crippen LogP contribution is -2.48. The maximum atomic E-state index is 13.3. The molecule has 2 aliphatic rings. The zero-order valence-electron chi connectivity index (χ0n) is 33.9. The summed E-state index contributed by atoms with van der Waals surface area (Å²) in [4.78, 5) is 62.1. The average molecular weight is 793 g/mol. The molecule has 0 saturated heterocycles. The molecule has 0 saturated carbocycles. The Kier molecular flexibility index (Phi) is 14.0. The largest absolute Gasteiger partial charge is 0.496 e. The lowest BCUT2D eigenvalue weighted by molar-refractivity contribution is 0.0551. The van der Waals surface area contributed by atoms with E-state index in [2.05, 4.69) is 20.6 Å². The van der Waals surface area contributed by atoms with Crippen LogP contribution in [0.2, 0.25) is 5.02 Å². The van der Waals surface area contributed by atoms with E-state index < -0.39 is 35.1 Å². The van der Waals surface area contributed by atoms with E-state index in [9.17, 15) is 19.2 Å². The van der Waals surface area contributed by atoms with E-state index in [0.717, 1.165) is 22.3 Å². The van der Waals surface area contributed by atoms with Crippen LogP contribution in [0, 0.1) is 0 Å². The SMILES string of the molecule is COc1cc(NC(=O)c2ccc(C3=CCN(C=NC(=O)OC(C)(C)C)CC3)c(Cl)c2)ccc1C1=CCN(C(=NC(=O)OC(C)(C)C)NC(=O)OC(C)(C)C)CC1. The van der Waals surface area contributed by atoms with Gasteiger partial charge in [0.25, 0.3) is 5.91 Å². The number of hydrogen-bond acceptors (Lipinski definition) is 8. The number of amides is 4. The second-order valence-electron chi connectivity index (χ2n) is 16.2. The number of ether oxygens (including phenoxy) is 4. The van der Waals surface area contributed by atoms with Crippen molar-refractivity contribution in [3.8, 4) is 5.75 Å². The number of carbonyl (C=O) groups excluding carboxylic acids is 4. The Balaban J connectivity index is 1.42. The van der Waals surface area contributed by atoms with Crippen LogP contribution in [0.1, 0.15) is 96.6 Å². The van der Waals surface area contributed by atoms with Crippen LogP contribution < -0.4 is 15.4 Å². The van der Waals surface area contributed by atoms with Gasteiger partial charge in [0.1, 0.15) is 22.6 Å². The highest BCUT2D eigenvalue weighted by Crippen LogP contribution is 2.34. The van der Waals surface area contributed by atoms with E-state index in [1.165, 1.54) is 6.34 Å². The first kappa shape index (κ1) is 43.4. The van der Waals surface area contributed by atoms with Crippen molar-refractivity contribution >= 4 is 64.9 Å². The molecule has 2 N–H and O–H groups in total. The first-order valence-electron chi connectivity index (χ1n) is 18.3. The maximum Gasteiger partial charge on any atom is 0.437 e. The summed E-state index contributed by atoms with van der Waals surface area (Å²) in [6, 6.07) is 10.6. The molecule has 0 bridgehead atoms. The van der Waals surface area contributed by atoms with Gasteiger partial charge >= 0.3 is 18.3 Å². The summed E-state index contributed by atoms with van der Waals surface area (Å²) in [5, 5.41) is 5.99. The van der Waals surface area contributed by atoms with Crippen molar-refractivity contribution < 1.29 is 38.1 Å². The normalized spacial score (nSPS) is 15.4. The number of benzene rings is 2. The first-order chi connectivity index (χ1) is 26.1. The molecule has 0 unspecified atom stereocenters. The van der Waals surface area contributed by atoms with Gasteiger partial charge in [0.2, 0.25) is 5.96 Å². The molecular weight excluding hydrogens is 740 g/mol. The van der Waals surface area contributed by atoms with E-state index in [4.69, 9.17) is 30.5 Å². The van der Waals surface area contributed by atoms with E-state index in [0.29, 0.717) is 61.0 Å². The highest BCUT2D eigenvalue weighted by Gasteiger charge is 2.26. The number of methoxy groups -OCH3 is 1. The van der Waals surface area contributed by atoms with Gasteiger partial charge in [-0.05, 0) is 116 Å². The summed E-state index contributed by atoms with van der Waals surface area (Å²) >= 11 is 6.69. The minimum atomic E-state index is -0.838. The monoisotopic (exact) mass is 792 g/mol. The lowest BCUT2D eigenvalue weighted by Gasteiger charge is -2.30. The molecule has 302 valence electrons. The molecule has 0 radical (unpaired) electrons. The van der Waals surface area contributed by atoms with Gasteiger partial charge in [-0.15, -0.1) is 4.99 Å². The fourth-order valence-electron chi connectivity index (χ4n) is 5.66. The standard InChI is InChI=1S/C41H53ClN6O8/c1-39(2,3)54-36(50)43-25-47-19-15-26(16-20-47)30-13-11-28(23-32(30)42)34(49)44-29-12-14-31(33(24-29)53-10)27-17-21-48(22-18-27)35(45-37(51)55-40(4,5)6)46-38(52)56-41(7,8)9/h11-15,17,23-25H,16,18-22H2,1-10H3,(H,44,49)(H,45,46,51,52). The zero-order chi connectivity index (χ0) is 41.4. The Morgan fingerprint density at radius 1 is 0.768 bits per heavy atom. The number of rotatable bonds is 6. The van der Waals surface area contributed by atoms with Gasteiger partial charge in [0.15, 0.2) is 0 Å². The van der Waals surface area contributed by atoms with Crippen molar-refractivity contribution in [2.45, 2.75) is 92.0 Å². The Bertz CT molecular complexity index is 1930. The third-order valence-corrected chi connectivity index (χ3v) is 8.37. The molecule has 0 atom stereocenters. The molecule has 2 aromatic carbocycles. The number of halogens is 1. The number of aliphatic imine (C=N–C) groups is 2. The van der Waals surface area contributed by atoms with Crippen molar-refractivity contribution in [1.29, 1.82) is 0 Å². The lowest BCUT2D eigenvalue weighted by atomic mass is 9.97. The van der Waals surface area contributed by atoms with Gasteiger partial charge in [-0.25, -0.2) is 14.4 Å². The van der Waals surface area contributed by atoms with Crippen LogP contribution in [0.5, 0.6) is 5.75 Å². The molecule has 4 amide bonds. The summed E-state index contributed by atoms with van der Waals surface area (Å²) < 4.78 is 21.7. The van der Waals surface area contributed by atoms with E-state index in [1.807, 2.05) is 29.2 Å². The number of anilines is 1. The minimum Gasteiger partial charge on any atom is -0.496 e. The van der Waals surface area contributed by atoms with Gasteiger partial charge in [-0.3, -0.25) is 10.1 Å². The average Bonchev–Trinajstić information content (AvgIpc) is 3.08. The summed E-state index contributed by atoms with van der Waals surface area (Å²) in [6.45, 7) is 17.7. The number of hydrogen-bond donors (Lipinski definition) is 2. The van der Waals surface area contributed by atoms with Crippen LogP contribution in [0.15, 0.2) is 58.5 Å². The molecule has 2 heterocycles. The van der Waals surface area contributed by atoms with Crippen LogP contribution in [-0.2, 0) is 14.2 Å². The highest BCUT2D eigenvalue weighted by atomic mass is 35.5. The Labute approximate surface area is 333 Å². The van der Waals surface area contributed by atoms with Crippen LogP contribution in [0.4, 0.5) is 20.1 Å². The van der Waals surface area contributed by atoms with Crippen LogP contribution in [-0.4, -0.2) is 96.4 Å². The van der Waals surface area contributed by atoms with Crippen molar-refractivity contribution in [3.63, 3.8) is 0 Å². The Hall–Kier alpha value is -5.37. The molecule has 4 rings (SSSR count). The number of nitrogens with one attached hydrogen (secondary N) is 2. The van der Waals surface area contributed by atoms with E-state index >= 15 is 0 Å². The van der Waals surface area contributed by atoms with Crippen molar-refractivity contribution in [3.05, 3.63) is 70.3 Å². The van der Waals surface area contributed by atoms with E-state index in [-0.39, 0.29) is 11.9 Å². The predicted molar refractivity (Wildman–Crippen MR) is 218 cm³/mol. The maximum absolute atomic E-state index is 13.3. The smallest absolute Gasteiger partial charge is 0.437 e. The van der Waals surface area contributed by atoms with Gasteiger partial charge in [-0.1, -0.05) is 29.8 Å². The second-order valence-corrected chi connectivity index (χ2v) is 16.6. The van der Waals surface area contributed by atoms with Crippen LogP contribution in [0.25, 0.3) is 11.1 Å². The minimum absolute atomic E-state index is 0.0196. The quantitative estimate of drug-likeness (QED) is 0.165. The van der Waals surface area contributed by atoms with Gasteiger partial charge in [-0.2, -0.15) is 4.99 Å². The molecule has 2 aromatic rings. The third-order valence-electron chi connectivity index (χ3n) is 8.06. The summed E-state index contributed by atoms with van der Waals surface area (Å²) in [5.41, 5.74) is 2.47. The Morgan fingerprint density at radius 2 is 1.38 bits per heavy atom. The molecular formula is C41H53ClN6O8. The Morgan fingerprint density at radius 3 is 1.95 bits per heavy atom. The number of alkyl carbamates (subject to hydrolysis) is 1. The summed E-state index contributed by atoms with van der Waals surface area (Å²) in [7, 11) is 1.56. The summed E-state index contributed by atoms with van der Waals surface area (Å²) in [5.74, 6) is 0.239. The van der Waals surface area contributed by atoms with Gasteiger partial charge in [0, 0.05) is 54.1 Å².